The fourth-order valence-electron chi connectivity index (χ4n) is 5.38. The molecule has 3 aromatic rings. The van der Waals surface area contributed by atoms with E-state index in [1.165, 1.54) is 36.8 Å². The van der Waals surface area contributed by atoms with Crippen LogP contribution in [0.25, 0.3) is 10.9 Å². The van der Waals surface area contributed by atoms with Crippen LogP contribution in [-0.4, -0.2) is 30.6 Å². The summed E-state index contributed by atoms with van der Waals surface area (Å²) >= 11 is 0. The molecule has 0 spiro atoms. The largest absolute Gasteiger partial charge is 0.489 e. The number of hydrogen-bond donors (Lipinski definition) is 0. The first-order chi connectivity index (χ1) is 17.1. The van der Waals surface area contributed by atoms with Crippen LogP contribution in [0.2, 0.25) is 0 Å². The Morgan fingerprint density at radius 2 is 1.83 bits per heavy atom. The maximum absolute atomic E-state index is 12.7. The molecule has 6 heteroatoms. The van der Waals surface area contributed by atoms with E-state index in [4.69, 9.17) is 19.2 Å². The second kappa shape index (κ2) is 9.68. The average Bonchev–Trinajstić information content (AvgIpc) is 3.62. The van der Waals surface area contributed by atoms with Gasteiger partial charge in [-0.05, 0) is 74.8 Å². The third kappa shape index (κ3) is 4.49. The van der Waals surface area contributed by atoms with Gasteiger partial charge in [0.05, 0.1) is 30.6 Å². The Balaban J connectivity index is 1.32. The summed E-state index contributed by atoms with van der Waals surface area (Å²) in [5, 5.41) is 1.16. The van der Waals surface area contributed by atoms with E-state index < -0.39 is 11.3 Å². The number of ether oxygens (including phenoxy) is 3. The van der Waals surface area contributed by atoms with E-state index in [-0.39, 0.29) is 18.5 Å². The molecule has 2 aliphatic rings. The van der Waals surface area contributed by atoms with E-state index in [2.05, 4.69) is 18.2 Å². The highest BCUT2D eigenvalue weighted by Gasteiger charge is 2.65. The van der Waals surface area contributed by atoms with E-state index in [0.29, 0.717) is 19.4 Å². The van der Waals surface area contributed by atoms with E-state index >= 15 is 0 Å². The van der Waals surface area contributed by atoms with Crippen molar-refractivity contribution in [3.63, 3.8) is 0 Å². The van der Waals surface area contributed by atoms with Gasteiger partial charge in [-0.15, -0.1) is 0 Å². The predicted molar refractivity (Wildman–Crippen MR) is 132 cm³/mol. The van der Waals surface area contributed by atoms with Crippen molar-refractivity contribution in [2.45, 2.75) is 52.1 Å². The fraction of sp³-hybridized carbons (Fsp3) is 0.414. The van der Waals surface area contributed by atoms with Crippen LogP contribution < -0.4 is 4.74 Å². The predicted octanol–water partition coefficient (Wildman–Crippen LogP) is 4.98. The molecule has 182 valence electrons. The number of esters is 2. The van der Waals surface area contributed by atoms with Gasteiger partial charge in [0.2, 0.25) is 0 Å². The summed E-state index contributed by atoms with van der Waals surface area (Å²) in [7, 11) is 1.35. The average molecular weight is 474 g/mol. The normalized spacial score (nSPS) is 20.7. The van der Waals surface area contributed by atoms with Crippen LogP contribution in [0.4, 0.5) is 0 Å². The van der Waals surface area contributed by atoms with Gasteiger partial charge in [-0.2, -0.15) is 0 Å². The van der Waals surface area contributed by atoms with Gasteiger partial charge < -0.3 is 14.2 Å². The molecule has 1 saturated carbocycles. The summed E-state index contributed by atoms with van der Waals surface area (Å²) in [5.41, 5.74) is 4.93. The van der Waals surface area contributed by atoms with Crippen LogP contribution in [0.15, 0.2) is 48.5 Å². The topological polar surface area (TPSA) is 74.7 Å². The van der Waals surface area contributed by atoms with Crippen molar-refractivity contribution in [1.29, 1.82) is 0 Å². The number of benzene rings is 2. The molecule has 1 aromatic heterocycles. The van der Waals surface area contributed by atoms with Crippen LogP contribution in [-0.2, 0) is 44.9 Å². The molecule has 2 aliphatic carbocycles. The van der Waals surface area contributed by atoms with Crippen molar-refractivity contribution in [3.05, 3.63) is 70.9 Å². The monoisotopic (exact) mass is 473 g/mol. The second-order valence-electron chi connectivity index (χ2n) is 9.51. The first-order valence-corrected chi connectivity index (χ1v) is 12.4. The summed E-state index contributed by atoms with van der Waals surface area (Å²) in [6.45, 7) is 2.55. The molecule has 6 nitrogen and oxygen atoms in total. The van der Waals surface area contributed by atoms with E-state index in [9.17, 15) is 9.59 Å². The Morgan fingerprint density at radius 3 is 2.60 bits per heavy atom. The van der Waals surface area contributed by atoms with E-state index in [0.717, 1.165) is 35.1 Å². The third-order valence-corrected chi connectivity index (χ3v) is 7.36. The maximum Gasteiger partial charge on any atom is 0.313 e. The quantitative estimate of drug-likeness (QED) is 0.430. The SMILES string of the molecule is CCOC(=O)[C@@]1(Cc2ccc(OCc3c4c(nc5ccccc35)CCCC4)cc2)C[C@@H]1C(=O)OC. The number of nitrogens with zero attached hydrogens (tertiary/aromatic N) is 1. The molecule has 0 bridgehead atoms. The molecule has 2 aromatic carbocycles. The Labute approximate surface area is 205 Å². The zero-order valence-electron chi connectivity index (χ0n) is 20.3. The number of carbonyl (C=O) groups excluding carboxylic acids is 2. The Hall–Kier alpha value is -3.41. The van der Waals surface area contributed by atoms with Gasteiger partial charge in [-0.3, -0.25) is 14.6 Å². The fourth-order valence-corrected chi connectivity index (χ4v) is 5.38. The highest BCUT2D eigenvalue weighted by Crippen LogP contribution is 2.56. The molecular weight excluding hydrogens is 442 g/mol. The number of pyridine rings is 1. The van der Waals surface area contributed by atoms with Crippen LogP contribution in [0.1, 0.15) is 48.6 Å². The summed E-state index contributed by atoms with van der Waals surface area (Å²) in [5.74, 6) is -0.366. The number of hydrogen-bond acceptors (Lipinski definition) is 6. The lowest BCUT2D eigenvalue weighted by Crippen LogP contribution is -2.26. The molecule has 35 heavy (non-hydrogen) atoms. The standard InChI is InChI=1S/C29H31NO5/c1-3-34-28(32)29(17-24(29)27(31)33-2)16-19-12-14-20(15-13-19)35-18-23-21-8-4-6-10-25(21)30-26-11-7-5-9-22(23)26/h4,6,8,10,12-15,24H,3,5,7,9,11,16-18H2,1-2H3/t24-,29+/m1/s1. The first-order valence-electron chi connectivity index (χ1n) is 12.4. The van der Waals surface area contributed by atoms with Gasteiger partial charge in [0.15, 0.2) is 0 Å². The molecular formula is C29H31NO5. The first kappa shape index (κ1) is 23.3. The molecule has 0 N–H and O–H groups in total. The Morgan fingerprint density at radius 1 is 1.06 bits per heavy atom. The molecule has 0 unspecified atom stereocenters. The Bertz CT molecular complexity index is 1250. The maximum atomic E-state index is 12.7. The number of carbonyl (C=O) groups is 2. The van der Waals surface area contributed by atoms with Gasteiger partial charge in [0, 0.05) is 16.6 Å². The zero-order valence-corrected chi connectivity index (χ0v) is 20.3. The number of methoxy groups -OCH3 is 1. The number of aromatic nitrogens is 1. The van der Waals surface area contributed by atoms with Crippen LogP contribution in [0.5, 0.6) is 5.75 Å². The van der Waals surface area contributed by atoms with E-state index in [1.54, 1.807) is 6.92 Å². The lowest BCUT2D eigenvalue weighted by molar-refractivity contribution is -0.154. The van der Waals surface area contributed by atoms with Crippen molar-refractivity contribution >= 4 is 22.8 Å². The molecule has 2 atom stereocenters. The molecule has 5 rings (SSSR count). The zero-order chi connectivity index (χ0) is 24.4. The summed E-state index contributed by atoms with van der Waals surface area (Å²) < 4.78 is 16.4. The number of para-hydroxylation sites is 1. The van der Waals surface area contributed by atoms with Gasteiger partial charge in [-0.1, -0.05) is 30.3 Å². The highest BCUT2D eigenvalue weighted by molar-refractivity contribution is 5.91. The number of fused-ring (bicyclic) bond motifs is 2. The van der Waals surface area contributed by atoms with Gasteiger partial charge >= 0.3 is 11.9 Å². The molecule has 0 saturated heterocycles. The van der Waals surface area contributed by atoms with Gasteiger partial charge in [0.25, 0.3) is 0 Å². The van der Waals surface area contributed by atoms with Crippen molar-refractivity contribution in [2.75, 3.05) is 13.7 Å². The van der Waals surface area contributed by atoms with Crippen LogP contribution >= 0.6 is 0 Å². The lowest BCUT2D eigenvalue weighted by Gasteiger charge is -2.21. The Kier molecular flexibility index (Phi) is 6.46. The summed E-state index contributed by atoms with van der Waals surface area (Å²) in [6, 6.07) is 16.1. The molecule has 1 heterocycles. The van der Waals surface area contributed by atoms with Crippen molar-refractivity contribution < 1.29 is 23.8 Å². The smallest absolute Gasteiger partial charge is 0.313 e. The second-order valence-corrected chi connectivity index (χ2v) is 9.51. The molecule has 0 radical (unpaired) electrons. The van der Waals surface area contributed by atoms with Crippen molar-refractivity contribution in [3.8, 4) is 5.75 Å². The highest BCUT2D eigenvalue weighted by atomic mass is 16.5. The third-order valence-electron chi connectivity index (χ3n) is 7.36. The number of aryl methyl sites for hydroxylation is 1. The number of rotatable bonds is 8. The van der Waals surface area contributed by atoms with Crippen molar-refractivity contribution in [2.24, 2.45) is 11.3 Å². The van der Waals surface area contributed by atoms with Gasteiger partial charge in [0.1, 0.15) is 12.4 Å². The minimum atomic E-state index is -0.833. The minimum absolute atomic E-state index is 0.286. The van der Waals surface area contributed by atoms with Gasteiger partial charge in [-0.25, -0.2) is 0 Å². The molecule has 0 amide bonds. The molecule has 0 aliphatic heterocycles. The van der Waals surface area contributed by atoms with Crippen molar-refractivity contribution in [1.82, 2.24) is 4.98 Å². The van der Waals surface area contributed by atoms with E-state index in [1.807, 2.05) is 30.3 Å². The minimum Gasteiger partial charge on any atom is -0.489 e. The van der Waals surface area contributed by atoms with Crippen LogP contribution in [0, 0.1) is 11.3 Å². The summed E-state index contributed by atoms with van der Waals surface area (Å²) in [4.78, 5) is 29.7. The lowest BCUT2D eigenvalue weighted by atomic mass is 9.90. The summed E-state index contributed by atoms with van der Waals surface area (Å²) in [6.07, 6.45) is 5.33. The van der Waals surface area contributed by atoms with Crippen LogP contribution in [0.3, 0.4) is 0 Å². The molecule has 1 fully saturated rings.